The van der Waals surface area contributed by atoms with Gasteiger partial charge >= 0.3 is 0 Å². The normalized spacial score (nSPS) is 18.1. The van der Waals surface area contributed by atoms with E-state index in [-0.39, 0.29) is 91.2 Å². The first-order valence-corrected chi connectivity index (χ1v) is 33.9. The molecule has 1 atom stereocenters. The van der Waals surface area contributed by atoms with Crippen LogP contribution in [0.25, 0.3) is 16.6 Å². The predicted molar refractivity (Wildman–Crippen MR) is 349 cm³/mol. The van der Waals surface area contributed by atoms with E-state index < -0.39 is 61.1 Å². The fourth-order valence-electron chi connectivity index (χ4n) is 12.3. The van der Waals surface area contributed by atoms with E-state index in [1.807, 2.05) is 18.2 Å². The third kappa shape index (κ3) is 16.1. The number of hydrogen-bond donors (Lipinski definition) is 4. The van der Waals surface area contributed by atoms with Gasteiger partial charge in [-0.05, 0) is 122 Å². The van der Waals surface area contributed by atoms with Crippen LogP contribution in [0.4, 0.5) is 17.1 Å². The highest BCUT2D eigenvalue weighted by Crippen LogP contribution is 2.44. The van der Waals surface area contributed by atoms with Crippen LogP contribution in [0.1, 0.15) is 95.4 Å². The summed E-state index contributed by atoms with van der Waals surface area (Å²) in [6, 6.07) is 24.0. The smallest absolute Gasteiger partial charge is 0.293 e. The number of likely N-dealkylation sites (tertiary alicyclic amines) is 1. The third-order valence-electron chi connectivity index (χ3n) is 17.5. The Hall–Kier alpha value is -8.24. The number of fused-ring (bicyclic) bond motifs is 2. The number of aromatic amines is 1. The number of allylic oxidation sites excluding steroid dienone is 1. The predicted octanol–water partition coefficient (Wildman–Crippen LogP) is 8.72. The van der Waals surface area contributed by atoms with Gasteiger partial charge in [-0.1, -0.05) is 49.2 Å². The van der Waals surface area contributed by atoms with Crippen molar-refractivity contribution < 1.29 is 61.1 Å². The van der Waals surface area contributed by atoms with Gasteiger partial charge in [0.15, 0.2) is 0 Å². The largest absolute Gasteiger partial charge is 0.455 e. The second kappa shape index (κ2) is 29.4. The fraction of sp³-hybridized carbons (Fsp3) is 0.409. The minimum absolute atomic E-state index is 0.0364. The van der Waals surface area contributed by atoms with Crippen molar-refractivity contribution in [3.05, 3.63) is 146 Å². The highest BCUT2D eigenvalue weighted by atomic mass is 35.5. The summed E-state index contributed by atoms with van der Waals surface area (Å²) >= 11 is 7.61. The molecule has 11 rings (SSSR count). The lowest BCUT2D eigenvalue weighted by molar-refractivity contribution is -0.384. The molecule has 3 fully saturated rings. The van der Waals surface area contributed by atoms with Gasteiger partial charge < -0.3 is 39.0 Å². The van der Waals surface area contributed by atoms with Crippen molar-refractivity contribution >= 4 is 102 Å². The number of halogens is 1. The van der Waals surface area contributed by atoms with Gasteiger partial charge in [-0.2, -0.15) is 0 Å². The van der Waals surface area contributed by atoms with Gasteiger partial charge in [0, 0.05) is 104 Å². The second-order valence-corrected chi connectivity index (χ2v) is 27.6. The number of amides is 6. The first-order valence-electron chi connectivity index (χ1n) is 31.0. The molecular weight excluding hydrogens is 1260 g/mol. The summed E-state index contributed by atoms with van der Waals surface area (Å²) in [5.74, 6) is -2.51. The number of hydrogen-bond acceptors (Lipinski definition) is 19. The maximum absolute atomic E-state index is 14.2. The fourth-order valence-corrected chi connectivity index (χ4v) is 14.4. The molecule has 6 amide bonds. The van der Waals surface area contributed by atoms with Crippen molar-refractivity contribution in [1.29, 1.82) is 0 Å². The number of ether oxygens (including phenoxy) is 4. The summed E-state index contributed by atoms with van der Waals surface area (Å²) in [5.41, 5.74) is 5.59. The van der Waals surface area contributed by atoms with Crippen LogP contribution in [0, 0.1) is 21.4 Å². The zero-order valence-electron chi connectivity index (χ0n) is 51.6. The van der Waals surface area contributed by atoms with Crippen LogP contribution in [-0.4, -0.2) is 177 Å². The molecule has 5 aliphatic rings. The number of nitrogens with one attached hydrogen (secondary N) is 4. The molecule has 490 valence electrons. The average Bonchev–Trinajstić information content (AvgIpc) is 1.65. The lowest BCUT2D eigenvalue weighted by atomic mass is 9.72. The third-order valence-corrected chi connectivity index (χ3v) is 20.1. The van der Waals surface area contributed by atoms with Crippen LogP contribution in [-0.2, 0) is 38.6 Å². The number of imide groups is 2. The van der Waals surface area contributed by atoms with Crippen molar-refractivity contribution in [3.8, 4) is 11.5 Å². The molecule has 4 aromatic carbocycles. The molecule has 3 saturated heterocycles. The summed E-state index contributed by atoms with van der Waals surface area (Å²) in [6.45, 7) is 10.8. The first kappa shape index (κ1) is 66.2. The van der Waals surface area contributed by atoms with Crippen LogP contribution in [0.2, 0.25) is 5.02 Å². The monoisotopic (exact) mass is 1330 g/mol. The summed E-state index contributed by atoms with van der Waals surface area (Å²) in [7, 11) is -4.67. The Kier molecular flexibility index (Phi) is 20.9. The van der Waals surface area contributed by atoms with Crippen LogP contribution in [0.3, 0.4) is 0 Å². The van der Waals surface area contributed by atoms with Gasteiger partial charge in [0.05, 0.1) is 65.7 Å². The Morgan fingerprint density at radius 3 is 2.35 bits per heavy atom. The molecule has 93 heavy (non-hydrogen) atoms. The number of carbonyl (C=O) groups excluding carboxylic acids is 6. The van der Waals surface area contributed by atoms with Crippen molar-refractivity contribution in [1.82, 2.24) is 34.7 Å². The molecule has 4 aliphatic heterocycles. The van der Waals surface area contributed by atoms with Crippen molar-refractivity contribution in [2.45, 2.75) is 74.6 Å². The van der Waals surface area contributed by atoms with Gasteiger partial charge in [-0.15, -0.1) is 11.8 Å². The summed E-state index contributed by atoms with van der Waals surface area (Å²) in [5, 5.41) is 19.2. The van der Waals surface area contributed by atoms with Gasteiger partial charge in [-0.25, -0.2) is 18.1 Å². The van der Waals surface area contributed by atoms with Crippen LogP contribution in [0.15, 0.2) is 119 Å². The molecule has 1 aliphatic carbocycles. The molecule has 6 aromatic rings. The number of aromatic nitrogens is 2. The Labute approximate surface area is 547 Å². The molecule has 2 aromatic heterocycles. The molecule has 4 N–H and O–H groups in total. The Morgan fingerprint density at radius 1 is 0.849 bits per heavy atom. The number of thioether (sulfide) groups is 1. The van der Waals surface area contributed by atoms with Gasteiger partial charge in [0.1, 0.15) is 35.5 Å². The topological polar surface area (TPSA) is 294 Å². The molecule has 1 unspecified atom stereocenters. The Balaban J connectivity index is 0.615. The number of H-pyrrole nitrogens is 1. The number of rotatable bonds is 26. The summed E-state index contributed by atoms with van der Waals surface area (Å²) in [4.78, 5) is 104. The molecular formula is C66H73ClN10O14S2. The van der Waals surface area contributed by atoms with E-state index in [1.54, 1.807) is 47.5 Å². The number of nitro groups is 1. The molecule has 27 heteroatoms. The molecule has 0 bridgehead atoms. The van der Waals surface area contributed by atoms with Crippen molar-refractivity contribution in [2.24, 2.45) is 11.3 Å². The number of nitrogens with zero attached hydrogens (tertiary/aromatic N) is 6. The number of nitro benzene ring substituents is 1. The SMILES string of the molecule is CC1(C)CCC(CN2CCN(c3ccc(C(=O)NS(=O)(=O)c4ccc(NCC5CCN(C(=O)COCCOCCOCCSc6cccc7c6C(=O)N(C6CCC(=O)NC6=O)C7=O)CC5)c([N+](=O)[O-])c4)c(Oc4cnc5[nH]ccc5c4)c3)CC2)=C(c2ccc(Cl)cc2)C1. The lowest BCUT2D eigenvalue weighted by Gasteiger charge is -2.39. The zero-order chi connectivity index (χ0) is 65.4. The van der Waals surface area contributed by atoms with E-state index in [1.165, 1.54) is 52.9 Å². The quantitative estimate of drug-likeness (QED) is 0.0130. The van der Waals surface area contributed by atoms with Crippen LogP contribution >= 0.6 is 23.4 Å². The average molecular weight is 1330 g/mol. The van der Waals surface area contributed by atoms with E-state index >= 15 is 0 Å². The van der Waals surface area contributed by atoms with Gasteiger partial charge in [-0.3, -0.25) is 54.0 Å². The summed E-state index contributed by atoms with van der Waals surface area (Å²) < 4.78 is 53.3. The molecule has 6 heterocycles. The van der Waals surface area contributed by atoms with E-state index in [0.717, 1.165) is 60.9 Å². The first-order chi connectivity index (χ1) is 44.8. The van der Waals surface area contributed by atoms with Crippen molar-refractivity contribution in [2.75, 3.05) is 108 Å². The number of anilines is 2. The number of piperazine rings is 1. The Morgan fingerprint density at radius 2 is 1.60 bits per heavy atom. The number of carbonyl (C=O) groups is 6. The summed E-state index contributed by atoms with van der Waals surface area (Å²) in [6.07, 6.45) is 7.68. The standard InChI is InChI=1S/C66H73ClN10O14S2/c1-66(2)20-16-45(52(37-66)43-6-8-46(67)9-7-43)40-73-24-26-74(27-25-73)47-10-12-50(56(35-47)91-48-34-44-17-21-68-61(44)70-39-48)62(80)72-93(86,87)49-11-13-53(55(36-49)77(84)85)69-38-42-18-22-75(23-19-42)59(79)41-90-31-30-88-28-29-89-32-33-92-57-5-3-4-51-60(57)65(83)76(64(51)82)54-14-15-58(78)71-63(54)81/h3-13,17,21,34-36,39,42,54,69H,14-16,18-20,22-33,37-38,40-41H2,1-2H3,(H,68,70)(H,72,80)(H,71,78,81). The maximum atomic E-state index is 14.2. The highest BCUT2D eigenvalue weighted by Gasteiger charge is 2.46. The minimum atomic E-state index is -4.67. The molecule has 0 radical (unpaired) electrons. The Bertz CT molecular complexity index is 3980. The van der Waals surface area contributed by atoms with Gasteiger partial charge in [0.2, 0.25) is 17.7 Å². The molecule has 0 spiro atoms. The number of benzene rings is 4. The molecule has 0 saturated carbocycles. The van der Waals surface area contributed by atoms with Crippen molar-refractivity contribution in [3.63, 3.8) is 0 Å². The van der Waals surface area contributed by atoms with Gasteiger partial charge in [0.25, 0.3) is 33.4 Å². The van der Waals surface area contributed by atoms with E-state index in [2.05, 4.69) is 61.1 Å². The maximum Gasteiger partial charge on any atom is 0.293 e. The number of piperidine rings is 2. The lowest BCUT2D eigenvalue weighted by Crippen LogP contribution is -2.54. The van der Waals surface area contributed by atoms with E-state index in [4.69, 9.17) is 30.5 Å². The number of sulfonamides is 1. The van der Waals surface area contributed by atoms with E-state index in [9.17, 15) is 47.3 Å². The second-order valence-electron chi connectivity index (χ2n) is 24.4. The highest BCUT2D eigenvalue weighted by molar-refractivity contribution is 7.99. The van der Waals surface area contributed by atoms with Crippen LogP contribution < -0.4 is 25.0 Å². The zero-order valence-corrected chi connectivity index (χ0v) is 54.0. The van der Waals surface area contributed by atoms with E-state index in [0.29, 0.717) is 79.2 Å². The minimum Gasteiger partial charge on any atom is -0.455 e. The number of pyridine rings is 1. The molecule has 24 nitrogen and oxygen atoms in total. The van der Waals surface area contributed by atoms with Crippen LogP contribution in [0.5, 0.6) is 11.5 Å².